The Morgan fingerprint density at radius 3 is 2.86 bits per heavy atom. The van der Waals surface area contributed by atoms with Crippen LogP contribution in [0.1, 0.15) is 23.8 Å². The molecule has 116 valence electrons. The summed E-state index contributed by atoms with van der Waals surface area (Å²) in [7, 11) is 3.40. The molecule has 0 radical (unpaired) electrons. The van der Waals surface area contributed by atoms with E-state index >= 15 is 0 Å². The number of nitrogens with zero attached hydrogens (tertiary/aromatic N) is 1. The van der Waals surface area contributed by atoms with Gasteiger partial charge in [-0.3, -0.25) is 4.79 Å². The summed E-state index contributed by atoms with van der Waals surface area (Å²) in [6, 6.07) is 1.90. The summed E-state index contributed by atoms with van der Waals surface area (Å²) < 4.78 is 5.03. The van der Waals surface area contributed by atoms with Crippen molar-refractivity contribution in [3.63, 3.8) is 0 Å². The van der Waals surface area contributed by atoms with Gasteiger partial charge in [0, 0.05) is 44.7 Å². The maximum Gasteiger partial charge on any atom is 0.328 e. The van der Waals surface area contributed by atoms with Gasteiger partial charge in [-0.2, -0.15) is 0 Å². The number of carboxylic acid groups (broad SMARTS) is 1. The van der Waals surface area contributed by atoms with E-state index in [4.69, 9.17) is 9.84 Å². The zero-order valence-electron chi connectivity index (χ0n) is 12.5. The van der Waals surface area contributed by atoms with Gasteiger partial charge in [-0.25, -0.2) is 4.79 Å². The molecule has 5 nitrogen and oxygen atoms in total. The van der Waals surface area contributed by atoms with Crippen LogP contribution in [0.4, 0.5) is 0 Å². The number of carbonyl (C=O) groups is 2. The van der Waals surface area contributed by atoms with Crippen LogP contribution in [0.3, 0.4) is 0 Å². The van der Waals surface area contributed by atoms with E-state index in [2.05, 4.69) is 0 Å². The number of aliphatic carboxylic acids is 1. The molecule has 1 unspecified atom stereocenters. The highest BCUT2D eigenvalue weighted by Gasteiger charge is 2.14. The van der Waals surface area contributed by atoms with E-state index in [1.165, 1.54) is 11.3 Å². The lowest BCUT2D eigenvalue weighted by Crippen LogP contribution is -2.28. The first-order valence-corrected chi connectivity index (χ1v) is 7.51. The van der Waals surface area contributed by atoms with Gasteiger partial charge in [0.1, 0.15) is 0 Å². The molecule has 1 heterocycles. The highest BCUT2D eigenvalue weighted by Crippen LogP contribution is 2.18. The van der Waals surface area contributed by atoms with Crippen molar-refractivity contribution in [2.45, 2.75) is 19.9 Å². The van der Waals surface area contributed by atoms with Gasteiger partial charge < -0.3 is 14.7 Å². The first-order chi connectivity index (χ1) is 9.92. The van der Waals surface area contributed by atoms with Gasteiger partial charge in [-0.05, 0) is 29.0 Å². The number of ether oxygens (including phenoxy) is 1. The Morgan fingerprint density at radius 2 is 2.24 bits per heavy atom. The predicted molar refractivity (Wildman–Crippen MR) is 83.1 cm³/mol. The van der Waals surface area contributed by atoms with E-state index in [1.54, 1.807) is 25.1 Å². The molecule has 0 aliphatic rings. The number of carboxylic acids is 1. The maximum atomic E-state index is 12.0. The van der Waals surface area contributed by atoms with Gasteiger partial charge in [-0.15, -0.1) is 11.3 Å². The first-order valence-electron chi connectivity index (χ1n) is 6.63. The molecular weight excluding hydrogens is 290 g/mol. The number of hydrogen-bond acceptors (Lipinski definition) is 4. The molecule has 1 atom stereocenters. The summed E-state index contributed by atoms with van der Waals surface area (Å²) in [5.41, 5.74) is 1.00. The van der Waals surface area contributed by atoms with Crippen molar-refractivity contribution >= 4 is 29.3 Å². The molecule has 1 rings (SSSR count). The molecular formula is C15H21NO4S. The summed E-state index contributed by atoms with van der Waals surface area (Å²) in [6.45, 7) is 3.08. The van der Waals surface area contributed by atoms with Crippen molar-refractivity contribution in [2.24, 2.45) is 5.92 Å². The minimum absolute atomic E-state index is 0.0772. The van der Waals surface area contributed by atoms with Crippen molar-refractivity contribution in [3.8, 4) is 0 Å². The molecule has 0 saturated carbocycles. The van der Waals surface area contributed by atoms with Crippen LogP contribution in [0.2, 0.25) is 0 Å². The van der Waals surface area contributed by atoms with Crippen LogP contribution in [0, 0.1) is 5.92 Å². The second-order valence-corrected chi connectivity index (χ2v) is 5.99. The molecule has 0 fully saturated rings. The maximum absolute atomic E-state index is 12.0. The molecule has 0 aliphatic carbocycles. The molecule has 1 amide bonds. The Hall–Kier alpha value is -1.66. The fourth-order valence-corrected chi connectivity index (χ4v) is 2.67. The van der Waals surface area contributed by atoms with Crippen LogP contribution >= 0.6 is 11.3 Å². The van der Waals surface area contributed by atoms with Crippen LogP contribution in [-0.4, -0.2) is 42.6 Å². The Bertz CT molecular complexity index is 510. The third-order valence-electron chi connectivity index (χ3n) is 2.88. The highest BCUT2D eigenvalue weighted by atomic mass is 32.1. The summed E-state index contributed by atoms with van der Waals surface area (Å²) in [5, 5.41) is 10.5. The van der Waals surface area contributed by atoms with Gasteiger partial charge in [0.05, 0.1) is 0 Å². The quantitative estimate of drug-likeness (QED) is 0.749. The van der Waals surface area contributed by atoms with E-state index in [1.807, 2.05) is 18.4 Å². The van der Waals surface area contributed by atoms with E-state index in [0.717, 1.165) is 16.5 Å². The molecule has 21 heavy (non-hydrogen) atoms. The average molecular weight is 311 g/mol. The number of hydrogen-bond donors (Lipinski definition) is 1. The van der Waals surface area contributed by atoms with Gasteiger partial charge in [0.25, 0.3) is 0 Å². The van der Waals surface area contributed by atoms with Crippen LogP contribution in [0.5, 0.6) is 0 Å². The zero-order valence-corrected chi connectivity index (χ0v) is 13.4. The second-order valence-electron chi connectivity index (χ2n) is 5.04. The van der Waals surface area contributed by atoms with Crippen molar-refractivity contribution in [1.82, 2.24) is 4.90 Å². The van der Waals surface area contributed by atoms with Crippen molar-refractivity contribution in [3.05, 3.63) is 28.0 Å². The molecule has 0 saturated heterocycles. The summed E-state index contributed by atoms with van der Waals surface area (Å²) in [4.78, 5) is 25.0. The van der Waals surface area contributed by atoms with E-state index in [9.17, 15) is 9.59 Å². The second kappa shape index (κ2) is 8.59. The Labute approximate surface area is 128 Å². The molecule has 0 aromatic carbocycles. The topological polar surface area (TPSA) is 66.8 Å². The summed E-state index contributed by atoms with van der Waals surface area (Å²) >= 11 is 1.46. The van der Waals surface area contributed by atoms with E-state index < -0.39 is 5.97 Å². The van der Waals surface area contributed by atoms with Gasteiger partial charge in [0.15, 0.2) is 0 Å². The smallest absolute Gasteiger partial charge is 0.328 e. The summed E-state index contributed by atoms with van der Waals surface area (Å²) in [6.07, 6.45) is 3.12. The van der Waals surface area contributed by atoms with Gasteiger partial charge in [-0.1, -0.05) is 6.92 Å². The molecule has 1 aromatic heterocycles. The van der Waals surface area contributed by atoms with E-state index in [0.29, 0.717) is 19.6 Å². The molecule has 6 heteroatoms. The molecule has 0 bridgehead atoms. The lowest BCUT2D eigenvalue weighted by Gasteiger charge is -2.18. The monoisotopic (exact) mass is 311 g/mol. The lowest BCUT2D eigenvalue weighted by atomic mass is 10.1. The van der Waals surface area contributed by atoms with Crippen LogP contribution in [0.15, 0.2) is 17.5 Å². The minimum Gasteiger partial charge on any atom is -0.478 e. The predicted octanol–water partition coefficient (Wildman–Crippen LogP) is 2.48. The fraction of sp³-hybridized carbons (Fsp3) is 0.467. The number of thiophene rings is 1. The van der Waals surface area contributed by atoms with Gasteiger partial charge in [0.2, 0.25) is 5.91 Å². The number of amides is 1. The SMILES string of the molecule is COCC(C)CC(=O)N(C)Cc1csc(/C=C/C(=O)O)c1. The molecule has 0 aliphatic heterocycles. The third kappa shape index (κ3) is 6.55. The van der Waals surface area contributed by atoms with Crippen molar-refractivity contribution < 1.29 is 19.4 Å². The average Bonchev–Trinajstić information content (AvgIpc) is 2.84. The Morgan fingerprint density at radius 1 is 1.52 bits per heavy atom. The van der Waals surface area contributed by atoms with E-state index in [-0.39, 0.29) is 11.8 Å². The van der Waals surface area contributed by atoms with Crippen LogP contribution < -0.4 is 0 Å². The standard InChI is InChI=1S/C15H21NO4S/c1-11(9-20-3)6-14(17)16(2)8-12-7-13(21-10-12)4-5-15(18)19/h4-5,7,10-11H,6,8-9H2,1-3H3,(H,18,19)/b5-4+. The highest BCUT2D eigenvalue weighted by molar-refractivity contribution is 7.11. The molecule has 0 spiro atoms. The zero-order chi connectivity index (χ0) is 15.8. The van der Waals surface area contributed by atoms with Crippen LogP contribution in [-0.2, 0) is 20.9 Å². The summed E-state index contributed by atoms with van der Waals surface area (Å²) in [5.74, 6) is -0.695. The lowest BCUT2D eigenvalue weighted by molar-refractivity contribution is -0.132. The first kappa shape index (κ1) is 17.4. The molecule has 1 aromatic rings. The van der Waals surface area contributed by atoms with Crippen molar-refractivity contribution in [1.29, 1.82) is 0 Å². The normalized spacial score (nSPS) is 12.5. The number of carbonyl (C=O) groups excluding carboxylic acids is 1. The fourth-order valence-electron chi connectivity index (χ4n) is 1.88. The van der Waals surface area contributed by atoms with Crippen LogP contribution in [0.25, 0.3) is 6.08 Å². The third-order valence-corrected chi connectivity index (χ3v) is 3.83. The minimum atomic E-state index is -0.968. The molecule has 1 N–H and O–H groups in total. The Kier molecular flexibility index (Phi) is 7.11. The number of rotatable bonds is 8. The van der Waals surface area contributed by atoms with Crippen molar-refractivity contribution in [2.75, 3.05) is 20.8 Å². The largest absolute Gasteiger partial charge is 0.478 e. The number of methoxy groups -OCH3 is 1. The Balaban J connectivity index is 2.52. The van der Waals surface area contributed by atoms with Gasteiger partial charge >= 0.3 is 5.97 Å².